The average molecular weight is 320 g/mol. The van der Waals surface area contributed by atoms with Gasteiger partial charge >= 0.3 is 0 Å². The zero-order valence-electron chi connectivity index (χ0n) is 13.8. The summed E-state index contributed by atoms with van der Waals surface area (Å²) in [6.07, 6.45) is 5.61. The Morgan fingerprint density at radius 3 is 2.82 bits per heavy atom. The first kappa shape index (κ1) is 15.1. The van der Waals surface area contributed by atoms with Gasteiger partial charge in [0.25, 0.3) is 0 Å². The number of hydrogen-bond acceptors (Lipinski definition) is 4. The minimum atomic E-state index is 0.801. The molecule has 1 aromatic rings. The Morgan fingerprint density at radius 1 is 1.18 bits per heavy atom. The van der Waals surface area contributed by atoms with E-state index in [0.29, 0.717) is 0 Å². The fourth-order valence-electron chi connectivity index (χ4n) is 4.88. The summed E-state index contributed by atoms with van der Waals surface area (Å²) in [6.45, 7) is 7.74. The Balaban J connectivity index is 1.34. The highest BCUT2D eigenvalue weighted by Gasteiger charge is 2.42. The van der Waals surface area contributed by atoms with Gasteiger partial charge in [0.15, 0.2) is 0 Å². The van der Waals surface area contributed by atoms with Crippen molar-refractivity contribution in [3.63, 3.8) is 0 Å². The number of hydrogen-bond donors (Lipinski definition) is 0. The predicted octanol–water partition coefficient (Wildman–Crippen LogP) is 2.74. The second kappa shape index (κ2) is 6.60. The molecule has 0 aromatic carbocycles. The van der Waals surface area contributed by atoms with Crippen LogP contribution in [-0.4, -0.2) is 66.6 Å². The van der Waals surface area contributed by atoms with Crippen LogP contribution in [0.4, 0.5) is 0 Å². The quantitative estimate of drug-likeness (QED) is 0.845. The van der Waals surface area contributed by atoms with Crippen LogP contribution in [0.3, 0.4) is 0 Å². The van der Waals surface area contributed by atoms with Crippen molar-refractivity contribution >= 4 is 11.3 Å². The smallest absolute Gasteiger partial charge is 0.0328 e. The van der Waals surface area contributed by atoms with Gasteiger partial charge in [-0.25, -0.2) is 0 Å². The maximum atomic E-state index is 2.73. The third-order valence-corrected chi connectivity index (χ3v) is 6.94. The van der Waals surface area contributed by atoms with Gasteiger partial charge < -0.3 is 4.90 Å². The standard InChI is InChI=1S/C18H29N3S/c1-19-16(13-20-7-2-3-8-20)11-15-12-21(9-6-18(15)19)14-17-5-4-10-22-17/h4-5,10,15-16,18H,2-3,6-9,11-14H2,1H3/t15-,16+,18+/m0/s1. The second-order valence-electron chi connectivity index (χ2n) is 7.49. The SMILES string of the molecule is CN1[C@@H](CN2CCCC2)C[C@H]2CN(Cc3cccs3)CC[C@H]21. The molecule has 3 saturated heterocycles. The number of rotatable bonds is 4. The van der Waals surface area contributed by atoms with E-state index in [1.165, 1.54) is 69.8 Å². The maximum Gasteiger partial charge on any atom is 0.0328 e. The van der Waals surface area contributed by atoms with Gasteiger partial charge in [-0.2, -0.15) is 0 Å². The lowest BCUT2D eigenvalue weighted by atomic mass is 9.92. The third-order valence-electron chi connectivity index (χ3n) is 6.08. The molecule has 122 valence electrons. The summed E-state index contributed by atoms with van der Waals surface area (Å²) in [6, 6.07) is 6.11. The Morgan fingerprint density at radius 2 is 2.05 bits per heavy atom. The molecule has 3 aliphatic heterocycles. The molecule has 3 nitrogen and oxygen atoms in total. The average Bonchev–Trinajstić information content (AvgIpc) is 3.24. The van der Waals surface area contributed by atoms with Crippen molar-refractivity contribution in [1.29, 1.82) is 0 Å². The van der Waals surface area contributed by atoms with Crippen molar-refractivity contribution in [2.24, 2.45) is 5.92 Å². The lowest BCUT2D eigenvalue weighted by molar-refractivity contribution is 0.107. The van der Waals surface area contributed by atoms with E-state index < -0.39 is 0 Å². The summed E-state index contributed by atoms with van der Waals surface area (Å²) < 4.78 is 0. The van der Waals surface area contributed by atoms with Crippen molar-refractivity contribution < 1.29 is 0 Å². The van der Waals surface area contributed by atoms with Gasteiger partial charge in [0, 0.05) is 43.1 Å². The van der Waals surface area contributed by atoms with Gasteiger partial charge in [0.05, 0.1) is 0 Å². The minimum absolute atomic E-state index is 0.801. The van der Waals surface area contributed by atoms with Crippen LogP contribution in [0.1, 0.15) is 30.6 Å². The molecule has 0 saturated carbocycles. The van der Waals surface area contributed by atoms with Gasteiger partial charge in [-0.15, -0.1) is 11.3 Å². The summed E-state index contributed by atoms with van der Waals surface area (Å²) in [4.78, 5) is 9.64. The zero-order chi connectivity index (χ0) is 14.9. The highest BCUT2D eigenvalue weighted by Crippen LogP contribution is 2.35. The van der Waals surface area contributed by atoms with Crippen LogP contribution in [0.15, 0.2) is 17.5 Å². The topological polar surface area (TPSA) is 9.72 Å². The summed E-state index contributed by atoms with van der Waals surface area (Å²) >= 11 is 1.91. The van der Waals surface area contributed by atoms with Gasteiger partial charge in [0.1, 0.15) is 0 Å². The summed E-state index contributed by atoms with van der Waals surface area (Å²) in [5, 5.41) is 2.21. The first-order valence-corrected chi connectivity index (χ1v) is 9.86. The molecule has 1 aromatic heterocycles. The van der Waals surface area contributed by atoms with E-state index >= 15 is 0 Å². The molecule has 0 N–H and O–H groups in total. The molecule has 22 heavy (non-hydrogen) atoms. The van der Waals surface area contributed by atoms with E-state index in [0.717, 1.165) is 18.0 Å². The molecule has 4 rings (SSSR count). The number of likely N-dealkylation sites (N-methyl/N-ethyl adjacent to an activating group) is 1. The van der Waals surface area contributed by atoms with E-state index in [-0.39, 0.29) is 0 Å². The summed E-state index contributed by atoms with van der Waals surface area (Å²) in [5.74, 6) is 0.895. The van der Waals surface area contributed by atoms with Gasteiger partial charge in [-0.1, -0.05) is 6.07 Å². The fourth-order valence-corrected chi connectivity index (χ4v) is 5.63. The Labute approximate surface area is 138 Å². The van der Waals surface area contributed by atoms with Gasteiger partial charge in [-0.3, -0.25) is 9.80 Å². The lowest BCUT2D eigenvalue weighted by Gasteiger charge is -2.37. The monoisotopic (exact) mass is 319 g/mol. The normalized spacial score (nSPS) is 34.3. The first-order valence-electron chi connectivity index (χ1n) is 8.98. The predicted molar refractivity (Wildman–Crippen MR) is 93.3 cm³/mol. The van der Waals surface area contributed by atoms with E-state index in [9.17, 15) is 0 Å². The zero-order valence-corrected chi connectivity index (χ0v) is 14.6. The maximum absolute atomic E-state index is 2.73. The van der Waals surface area contributed by atoms with E-state index in [1.807, 2.05) is 11.3 Å². The van der Waals surface area contributed by atoms with Crippen molar-refractivity contribution in [3.8, 4) is 0 Å². The van der Waals surface area contributed by atoms with E-state index in [1.54, 1.807) is 0 Å². The molecular weight excluding hydrogens is 290 g/mol. The van der Waals surface area contributed by atoms with Crippen molar-refractivity contribution in [2.75, 3.05) is 39.8 Å². The highest BCUT2D eigenvalue weighted by molar-refractivity contribution is 7.09. The number of fused-ring (bicyclic) bond motifs is 1. The molecular formula is C18H29N3S. The largest absolute Gasteiger partial charge is 0.302 e. The van der Waals surface area contributed by atoms with Crippen molar-refractivity contribution in [1.82, 2.24) is 14.7 Å². The number of nitrogens with zero attached hydrogens (tertiary/aromatic N) is 3. The van der Waals surface area contributed by atoms with Crippen LogP contribution >= 0.6 is 11.3 Å². The summed E-state index contributed by atoms with van der Waals surface area (Å²) in [7, 11) is 2.39. The molecule has 3 fully saturated rings. The number of piperidine rings is 1. The van der Waals surface area contributed by atoms with Gasteiger partial charge in [0.2, 0.25) is 0 Å². The molecule has 4 heteroatoms. The summed E-state index contributed by atoms with van der Waals surface area (Å²) in [5.41, 5.74) is 0. The Kier molecular flexibility index (Phi) is 4.54. The van der Waals surface area contributed by atoms with Gasteiger partial charge in [-0.05, 0) is 63.2 Å². The molecule has 3 aliphatic rings. The molecule has 0 radical (unpaired) electrons. The third kappa shape index (κ3) is 3.12. The van der Waals surface area contributed by atoms with Crippen LogP contribution in [-0.2, 0) is 6.54 Å². The van der Waals surface area contributed by atoms with Crippen LogP contribution in [0.5, 0.6) is 0 Å². The lowest BCUT2D eigenvalue weighted by Crippen LogP contribution is -2.46. The van der Waals surface area contributed by atoms with Crippen LogP contribution in [0, 0.1) is 5.92 Å². The first-order chi connectivity index (χ1) is 10.8. The minimum Gasteiger partial charge on any atom is -0.302 e. The Hall–Kier alpha value is -0.420. The molecule has 0 bridgehead atoms. The van der Waals surface area contributed by atoms with Crippen LogP contribution < -0.4 is 0 Å². The highest BCUT2D eigenvalue weighted by atomic mass is 32.1. The molecule has 0 amide bonds. The van der Waals surface area contributed by atoms with E-state index in [4.69, 9.17) is 0 Å². The Bertz CT molecular complexity index is 469. The van der Waals surface area contributed by atoms with Crippen molar-refractivity contribution in [3.05, 3.63) is 22.4 Å². The molecule has 4 heterocycles. The molecule has 0 aliphatic carbocycles. The number of thiophene rings is 1. The molecule has 3 atom stereocenters. The fraction of sp³-hybridized carbons (Fsp3) is 0.778. The van der Waals surface area contributed by atoms with E-state index in [2.05, 4.69) is 39.3 Å². The molecule has 0 unspecified atom stereocenters. The van der Waals surface area contributed by atoms with Crippen LogP contribution in [0.2, 0.25) is 0 Å². The second-order valence-corrected chi connectivity index (χ2v) is 8.53. The van der Waals surface area contributed by atoms with Crippen molar-refractivity contribution in [2.45, 2.75) is 44.3 Å². The van der Waals surface area contributed by atoms with Crippen LogP contribution in [0.25, 0.3) is 0 Å². The number of likely N-dealkylation sites (tertiary alicyclic amines) is 3. The molecule has 0 spiro atoms.